The Morgan fingerprint density at radius 2 is 1.82 bits per heavy atom. The third kappa shape index (κ3) is 5.15. The quantitative estimate of drug-likeness (QED) is 0.595. The van der Waals surface area contributed by atoms with E-state index in [2.05, 4.69) is 0 Å². The normalized spacial score (nSPS) is 9.82. The molecule has 2 aromatic carbocycles. The number of hydrogen-bond acceptors (Lipinski definition) is 5. The topological polar surface area (TPSA) is 59.3 Å². The molecule has 0 saturated carbocycles. The molecule has 22 heavy (non-hydrogen) atoms. The average Bonchev–Trinajstić information content (AvgIpc) is 2.54. The van der Waals surface area contributed by atoms with Gasteiger partial charge in [-0.25, -0.2) is 0 Å². The lowest BCUT2D eigenvalue weighted by Crippen LogP contribution is -2.02. The first kappa shape index (κ1) is 15.9. The van der Waals surface area contributed by atoms with Crippen LogP contribution in [0.3, 0.4) is 0 Å². The molecule has 0 unspecified atom stereocenters. The lowest BCUT2D eigenvalue weighted by Gasteiger charge is -2.06. The van der Waals surface area contributed by atoms with E-state index in [1.165, 1.54) is 17.6 Å². The van der Waals surface area contributed by atoms with E-state index in [9.17, 15) is 4.79 Å². The van der Waals surface area contributed by atoms with Crippen molar-refractivity contribution in [2.75, 3.05) is 0 Å². The molecule has 0 bridgehead atoms. The Kier molecular flexibility index (Phi) is 5.87. The molecule has 0 atom stereocenters. The van der Waals surface area contributed by atoms with Crippen LogP contribution < -0.4 is 4.18 Å². The fourth-order valence-electron chi connectivity index (χ4n) is 1.61. The first-order valence-electron chi connectivity index (χ1n) is 6.70. The largest absolute Gasteiger partial charge is 0.460 e. The molecule has 0 radical (unpaired) electrons. The van der Waals surface area contributed by atoms with E-state index in [0.717, 1.165) is 16.2 Å². The Bertz CT molecular complexity index is 660. The fourth-order valence-corrected chi connectivity index (χ4v) is 2.16. The van der Waals surface area contributed by atoms with E-state index in [0.29, 0.717) is 0 Å². The molecule has 0 fully saturated rings. The maximum absolute atomic E-state index is 11.1. The van der Waals surface area contributed by atoms with Crippen LogP contribution in [0.1, 0.15) is 17.5 Å². The van der Waals surface area contributed by atoms with Gasteiger partial charge in [0, 0.05) is 4.90 Å². The second-order valence-electron chi connectivity index (χ2n) is 4.62. The minimum absolute atomic E-state index is 0.159. The summed E-state index contributed by atoms with van der Waals surface area (Å²) in [5.74, 6) is 0.204. The molecule has 0 aromatic heterocycles. The molecule has 0 saturated heterocycles. The van der Waals surface area contributed by atoms with Crippen molar-refractivity contribution < 1.29 is 13.7 Å². The SMILES string of the molecule is Cc1ccc(SOc2ccc(COC(=O)CC#N)cc2)cc1. The van der Waals surface area contributed by atoms with Crippen LogP contribution >= 0.6 is 12.0 Å². The van der Waals surface area contributed by atoms with E-state index in [1.54, 1.807) is 6.07 Å². The van der Waals surface area contributed by atoms with Crippen LogP contribution in [0.25, 0.3) is 0 Å². The van der Waals surface area contributed by atoms with Crippen molar-refractivity contribution in [3.05, 3.63) is 59.7 Å². The van der Waals surface area contributed by atoms with E-state index < -0.39 is 5.97 Å². The summed E-state index contributed by atoms with van der Waals surface area (Å²) < 4.78 is 10.6. The minimum atomic E-state index is -0.516. The molecule has 112 valence electrons. The Hall–Kier alpha value is -2.45. The summed E-state index contributed by atoms with van der Waals surface area (Å²) in [5, 5.41) is 8.37. The first-order chi connectivity index (χ1) is 10.7. The molecule has 2 rings (SSSR count). The molecule has 0 aliphatic carbocycles. The van der Waals surface area contributed by atoms with Crippen LogP contribution in [-0.4, -0.2) is 5.97 Å². The third-order valence-corrected chi connectivity index (χ3v) is 3.54. The number of nitriles is 1. The highest BCUT2D eigenvalue weighted by molar-refractivity contribution is 7.95. The summed E-state index contributed by atoms with van der Waals surface area (Å²) in [6.07, 6.45) is -0.228. The molecule has 0 amide bonds. The van der Waals surface area contributed by atoms with Crippen LogP contribution in [0.4, 0.5) is 0 Å². The van der Waals surface area contributed by atoms with E-state index in [4.69, 9.17) is 14.2 Å². The molecule has 0 spiro atoms. The van der Waals surface area contributed by atoms with Gasteiger partial charge in [-0.2, -0.15) is 5.26 Å². The highest BCUT2D eigenvalue weighted by atomic mass is 32.2. The zero-order valence-electron chi connectivity index (χ0n) is 12.1. The average molecular weight is 313 g/mol. The Morgan fingerprint density at radius 3 is 2.45 bits per heavy atom. The Balaban J connectivity index is 1.82. The monoisotopic (exact) mass is 313 g/mol. The number of carbonyl (C=O) groups is 1. The van der Waals surface area contributed by atoms with Gasteiger partial charge < -0.3 is 8.92 Å². The van der Waals surface area contributed by atoms with Crippen LogP contribution in [0, 0.1) is 18.3 Å². The molecule has 5 heteroatoms. The minimum Gasteiger partial charge on any atom is -0.460 e. The van der Waals surface area contributed by atoms with Gasteiger partial charge in [0.15, 0.2) is 0 Å². The zero-order chi connectivity index (χ0) is 15.8. The summed E-state index contributed by atoms with van der Waals surface area (Å²) in [6.45, 7) is 2.20. The van der Waals surface area contributed by atoms with Gasteiger partial charge in [-0.1, -0.05) is 29.8 Å². The molecule has 0 heterocycles. The van der Waals surface area contributed by atoms with Gasteiger partial charge in [0.2, 0.25) is 0 Å². The van der Waals surface area contributed by atoms with Crippen LogP contribution in [0.15, 0.2) is 53.4 Å². The van der Waals surface area contributed by atoms with Crippen LogP contribution in [0.2, 0.25) is 0 Å². The standard InChI is InChI=1S/C17H15NO3S/c1-13-2-8-16(9-3-13)22-21-15-6-4-14(5-7-15)12-20-17(19)10-11-18/h2-9H,10,12H2,1H3. The lowest BCUT2D eigenvalue weighted by atomic mass is 10.2. The molecule has 0 aliphatic heterocycles. The van der Waals surface area contributed by atoms with Crippen molar-refractivity contribution in [1.82, 2.24) is 0 Å². The van der Waals surface area contributed by atoms with Gasteiger partial charge in [-0.15, -0.1) is 0 Å². The summed E-state index contributed by atoms with van der Waals surface area (Å²) >= 11 is 1.29. The number of nitrogens with zero attached hydrogens (tertiary/aromatic N) is 1. The van der Waals surface area contributed by atoms with E-state index >= 15 is 0 Å². The van der Waals surface area contributed by atoms with Gasteiger partial charge in [0.1, 0.15) is 18.8 Å². The fraction of sp³-hybridized carbons (Fsp3) is 0.176. The van der Waals surface area contributed by atoms with Gasteiger partial charge in [0.05, 0.1) is 18.1 Å². The first-order valence-corrected chi connectivity index (χ1v) is 7.44. The van der Waals surface area contributed by atoms with Crippen LogP contribution in [-0.2, 0) is 16.1 Å². The number of aryl methyl sites for hydroxylation is 1. The molecule has 0 N–H and O–H groups in total. The summed E-state index contributed by atoms with van der Waals surface area (Å²) in [4.78, 5) is 12.1. The molecule has 4 nitrogen and oxygen atoms in total. The number of ether oxygens (including phenoxy) is 1. The number of benzene rings is 2. The smallest absolute Gasteiger partial charge is 0.320 e. The molecular formula is C17H15NO3S. The highest BCUT2D eigenvalue weighted by Crippen LogP contribution is 2.24. The predicted molar refractivity (Wildman–Crippen MR) is 84.1 cm³/mol. The maximum Gasteiger partial charge on any atom is 0.320 e. The third-order valence-electron chi connectivity index (χ3n) is 2.80. The predicted octanol–water partition coefficient (Wildman–Crippen LogP) is 4.04. The second-order valence-corrected chi connectivity index (χ2v) is 5.42. The van der Waals surface area contributed by atoms with Crippen molar-refractivity contribution in [3.8, 4) is 11.8 Å². The van der Waals surface area contributed by atoms with Gasteiger partial charge in [-0.3, -0.25) is 4.79 Å². The Labute approximate surface area is 133 Å². The van der Waals surface area contributed by atoms with Gasteiger partial charge in [0.25, 0.3) is 0 Å². The maximum atomic E-state index is 11.1. The molecule has 0 aliphatic rings. The van der Waals surface area contributed by atoms with E-state index in [1.807, 2.05) is 55.5 Å². The highest BCUT2D eigenvalue weighted by Gasteiger charge is 2.03. The number of hydrogen-bond donors (Lipinski definition) is 0. The van der Waals surface area contributed by atoms with Crippen molar-refractivity contribution in [3.63, 3.8) is 0 Å². The summed E-state index contributed by atoms with van der Waals surface area (Å²) in [7, 11) is 0. The van der Waals surface area contributed by atoms with Crippen molar-refractivity contribution in [2.45, 2.75) is 24.8 Å². The summed E-state index contributed by atoms with van der Waals surface area (Å²) in [5.41, 5.74) is 2.05. The van der Waals surface area contributed by atoms with Crippen LogP contribution in [0.5, 0.6) is 5.75 Å². The molecule has 2 aromatic rings. The van der Waals surface area contributed by atoms with Gasteiger partial charge >= 0.3 is 5.97 Å². The second kappa shape index (κ2) is 8.11. The van der Waals surface area contributed by atoms with Gasteiger partial charge in [-0.05, 0) is 36.8 Å². The zero-order valence-corrected chi connectivity index (χ0v) is 12.9. The Morgan fingerprint density at radius 1 is 1.14 bits per heavy atom. The van der Waals surface area contributed by atoms with E-state index in [-0.39, 0.29) is 13.0 Å². The lowest BCUT2D eigenvalue weighted by molar-refractivity contribution is -0.143. The van der Waals surface area contributed by atoms with Crippen molar-refractivity contribution in [1.29, 1.82) is 5.26 Å². The van der Waals surface area contributed by atoms with Crippen molar-refractivity contribution in [2.24, 2.45) is 0 Å². The van der Waals surface area contributed by atoms with Crippen molar-refractivity contribution >= 4 is 18.0 Å². The number of carbonyl (C=O) groups excluding carboxylic acids is 1. The summed E-state index contributed by atoms with van der Waals surface area (Å²) in [6, 6.07) is 17.1. The number of rotatable bonds is 6. The number of esters is 1. The molecular weight excluding hydrogens is 298 g/mol.